The zero-order valence-corrected chi connectivity index (χ0v) is 13.4. The first-order valence-electron chi connectivity index (χ1n) is 7.29. The molecule has 0 aliphatic rings. The lowest BCUT2D eigenvalue weighted by atomic mass is 10.3. The van der Waals surface area contributed by atoms with Gasteiger partial charge in [-0.25, -0.2) is 0 Å². The summed E-state index contributed by atoms with van der Waals surface area (Å²) >= 11 is 0. The molecule has 0 aliphatic heterocycles. The second kappa shape index (κ2) is 7.96. The van der Waals surface area contributed by atoms with Crippen LogP contribution >= 0.6 is 0 Å². The molecule has 24 heavy (non-hydrogen) atoms. The van der Waals surface area contributed by atoms with E-state index < -0.39 is 18.0 Å². The molecule has 0 radical (unpaired) electrons. The second-order valence-electron chi connectivity index (χ2n) is 5.02. The van der Waals surface area contributed by atoms with Crippen molar-refractivity contribution in [1.29, 1.82) is 0 Å². The van der Waals surface area contributed by atoms with E-state index in [1.165, 1.54) is 23.8 Å². The maximum Gasteiger partial charge on any atom is 0.326 e. The van der Waals surface area contributed by atoms with Crippen molar-refractivity contribution in [3.8, 4) is 5.75 Å². The molecule has 1 N–H and O–H groups in total. The number of amides is 1. The first-order valence-corrected chi connectivity index (χ1v) is 7.29. The summed E-state index contributed by atoms with van der Waals surface area (Å²) in [5.41, 5.74) is 0.243. The van der Waals surface area contributed by atoms with E-state index in [2.05, 4.69) is 5.32 Å². The Labute approximate surface area is 138 Å². The summed E-state index contributed by atoms with van der Waals surface area (Å²) in [6.45, 7) is 1.21. The monoisotopic (exact) mass is 330 g/mol. The van der Waals surface area contributed by atoms with E-state index in [0.717, 1.165) is 0 Å². The normalized spacial score (nSPS) is 11.4. The fourth-order valence-electron chi connectivity index (χ4n) is 1.94. The Morgan fingerprint density at radius 1 is 1.17 bits per heavy atom. The molecule has 0 spiro atoms. The van der Waals surface area contributed by atoms with Crippen molar-refractivity contribution in [2.24, 2.45) is 0 Å². The van der Waals surface area contributed by atoms with Gasteiger partial charge in [0.25, 0.3) is 11.5 Å². The second-order valence-corrected chi connectivity index (χ2v) is 5.02. The Bertz CT molecular complexity index is 767. The highest BCUT2D eigenvalue weighted by molar-refractivity contribution is 5.95. The summed E-state index contributed by atoms with van der Waals surface area (Å²) in [6, 6.07) is 11.3. The molecular weight excluding hydrogens is 312 g/mol. The Kier molecular flexibility index (Phi) is 5.73. The third-order valence-electron chi connectivity index (χ3n) is 3.23. The Morgan fingerprint density at radius 3 is 2.50 bits per heavy atom. The minimum absolute atomic E-state index is 0.250. The highest BCUT2D eigenvalue weighted by Crippen LogP contribution is 2.15. The van der Waals surface area contributed by atoms with Crippen molar-refractivity contribution in [2.45, 2.75) is 19.6 Å². The highest BCUT2D eigenvalue weighted by atomic mass is 16.5. The van der Waals surface area contributed by atoms with Crippen molar-refractivity contribution in [3.05, 3.63) is 59.0 Å². The number of carbonyl (C=O) groups excluding carboxylic acids is 2. The zero-order valence-electron chi connectivity index (χ0n) is 13.4. The van der Waals surface area contributed by atoms with Crippen LogP contribution in [0.3, 0.4) is 0 Å². The van der Waals surface area contributed by atoms with Gasteiger partial charge in [0.15, 0.2) is 6.10 Å². The quantitative estimate of drug-likeness (QED) is 0.810. The summed E-state index contributed by atoms with van der Waals surface area (Å²) in [4.78, 5) is 35.4. The molecular formula is C17H18N2O5. The van der Waals surface area contributed by atoms with Crippen molar-refractivity contribution in [3.63, 3.8) is 0 Å². The molecule has 0 fully saturated rings. The topological polar surface area (TPSA) is 86.6 Å². The Morgan fingerprint density at radius 2 is 1.88 bits per heavy atom. The summed E-state index contributed by atoms with van der Waals surface area (Å²) in [6.07, 6.45) is 0.491. The van der Waals surface area contributed by atoms with Crippen LogP contribution in [0.2, 0.25) is 0 Å². The van der Waals surface area contributed by atoms with Gasteiger partial charge in [0.2, 0.25) is 0 Å². The SMILES string of the molecule is COc1ccc(NC(=O)[C@H](C)OC(=O)Cn2ccccc2=O)cc1. The number of ether oxygens (including phenoxy) is 2. The molecule has 1 atom stereocenters. The van der Waals surface area contributed by atoms with Crippen LogP contribution in [0, 0.1) is 0 Å². The molecule has 126 valence electrons. The molecule has 0 saturated carbocycles. The molecule has 7 heteroatoms. The van der Waals surface area contributed by atoms with Crippen molar-refractivity contribution < 1.29 is 19.1 Å². The Balaban J connectivity index is 1.89. The summed E-state index contributed by atoms with van der Waals surface area (Å²) in [5, 5.41) is 2.63. The van der Waals surface area contributed by atoms with Gasteiger partial charge >= 0.3 is 5.97 Å². The van der Waals surface area contributed by atoms with Gasteiger partial charge in [0, 0.05) is 18.0 Å². The lowest BCUT2D eigenvalue weighted by molar-refractivity contribution is -0.153. The average Bonchev–Trinajstić information content (AvgIpc) is 2.57. The molecule has 1 aromatic carbocycles. The average molecular weight is 330 g/mol. The molecule has 1 heterocycles. The largest absolute Gasteiger partial charge is 0.497 e. The third-order valence-corrected chi connectivity index (χ3v) is 3.23. The minimum Gasteiger partial charge on any atom is -0.497 e. The summed E-state index contributed by atoms with van der Waals surface area (Å²) < 4.78 is 11.3. The molecule has 2 rings (SSSR count). The fraction of sp³-hybridized carbons (Fsp3) is 0.235. The first-order chi connectivity index (χ1) is 11.5. The smallest absolute Gasteiger partial charge is 0.326 e. The fourth-order valence-corrected chi connectivity index (χ4v) is 1.94. The van der Waals surface area contributed by atoms with Gasteiger partial charge < -0.3 is 19.4 Å². The molecule has 7 nitrogen and oxygen atoms in total. The van der Waals surface area contributed by atoms with Gasteiger partial charge in [-0.1, -0.05) is 6.07 Å². The summed E-state index contributed by atoms with van der Waals surface area (Å²) in [7, 11) is 1.55. The summed E-state index contributed by atoms with van der Waals surface area (Å²) in [5.74, 6) is -0.463. The van der Waals surface area contributed by atoms with Crippen LogP contribution in [-0.4, -0.2) is 29.7 Å². The van der Waals surface area contributed by atoms with Gasteiger partial charge in [0.05, 0.1) is 7.11 Å². The van der Waals surface area contributed by atoms with Gasteiger partial charge in [0.1, 0.15) is 12.3 Å². The molecule has 1 amide bonds. The number of nitrogens with zero attached hydrogens (tertiary/aromatic N) is 1. The lowest BCUT2D eigenvalue weighted by Crippen LogP contribution is -2.32. The van der Waals surface area contributed by atoms with E-state index in [-0.39, 0.29) is 12.1 Å². The van der Waals surface area contributed by atoms with E-state index in [1.54, 1.807) is 43.5 Å². The Hall–Kier alpha value is -3.09. The maximum absolute atomic E-state index is 12.0. The van der Waals surface area contributed by atoms with Crippen molar-refractivity contribution in [2.75, 3.05) is 12.4 Å². The standard InChI is InChI=1S/C17H18N2O5/c1-12(17(22)18-13-6-8-14(23-2)9-7-13)24-16(21)11-19-10-4-3-5-15(19)20/h3-10,12H,11H2,1-2H3,(H,18,22)/t12-/m0/s1. The van der Waals surface area contributed by atoms with Gasteiger partial charge in [-0.15, -0.1) is 0 Å². The number of rotatable bonds is 6. The molecule has 0 saturated heterocycles. The number of pyridine rings is 1. The molecule has 0 aliphatic carbocycles. The number of anilines is 1. The van der Waals surface area contributed by atoms with Crippen LogP contribution in [-0.2, 0) is 20.9 Å². The van der Waals surface area contributed by atoms with Gasteiger partial charge in [-0.3, -0.25) is 14.4 Å². The van der Waals surface area contributed by atoms with Crippen molar-refractivity contribution >= 4 is 17.6 Å². The number of benzene rings is 1. The lowest BCUT2D eigenvalue weighted by Gasteiger charge is -2.14. The van der Waals surface area contributed by atoms with Crippen LogP contribution in [0.4, 0.5) is 5.69 Å². The van der Waals surface area contributed by atoms with Crippen molar-refractivity contribution in [1.82, 2.24) is 4.57 Å². The third kappa shape index (κ3) is 4.70. The van der Waals surface area contributed by atoms with E-state index >= 15 is 0 Å². The van der Waals surface area contributed by atoms with Gasteiger partial charge in [-0.2, -0.15) is 0 Å². The molecule has 2 aromatic rings. The predicted octanol–water partition coefficient (Wildman–Crippen LogP) is 1.43. The number of nitrogens with one attached hydrogen (secondary N) is 1. The molecule has 0 bridgehead atoms. The molecule has 0 unspecified atom stereocenters. The van der Waals surface area contributed by atoms with E-state index in [1.807, 2.05) is 0 Å². The van der Waals surface area contributed by atoms with E-state index in [0.29, 0.717) is 11.4 Å². The van der Waals surface area contributed by atoms with E-state index in [4.69, 9.17) is 9.47 Å². The first kappa shape index (κ1) is 17.3. The highest BCUT2D eigenvalue weighted by Gasteiger charge is 2.18. The molecule has 1 aromatic heterocycles. The van der Waals surface area contributed by atoms with Crippen LogP contribution in [0.5, 0.6) is 5.75 Å². The zero-order chi connectivity index (χ0) is 17.5. The van der Waals surface area contributed by atoms with Gasteiger partial charge in [-0.05, 0) is 37.3 Å². The number of hydrogen-bond donors (Lipinski definition) is 1. The number of aromatic nitrogens is 1. The number of carbonyl (C=O) groups is 2. The predicted molar refractivity (Wildman–Crippen MR) is 87.9 cm³/mol. The van der Waals surface area contributed by atoms with Crippen LogP contribution in [0.1, 0.15) is 6.92 Å². The van der Waals surface area contributed by atoms with Crippen LogP contribution < -0.4 is 15.6 Å². The van der Waals surface area contributed by atoms with E-state index in [9.17, 15) is 14.4 Å². The number of esters is 1. The minimum atomic E-state index is -0.987. The number of hydrogen-bond acceptors (Lipinski definition) is 5. The van der Waals surface area contributed by atoms with Crippen LogP contribution in [0.15, 0.2) is 53.5 Å². The van der Waals surface area contributed by atoms with Crippen LogP contribution in [0.25, 0.3) is 0 Å². The maximum atomic E-state index is 12.0. The number of methoxy groups -OCH3 is 1.